The predicted molar refractivity (Wildman–Crippen MR) is 208 cm³/mol. The van der Waals surface area contributed by atoms with Crippen molar-refractivity contribution in [3.05, 3.63) is 72.3 Å². The van der Waals surface area contributed by atoms with Crippen LogP contribution in [0.25, 0.3) is 11.1 Å². The SMILES string of the molecule is COc1ccc(C[C@H](Nc2cccc(-c3ccccc3)c2)C(=O)NC(C)C(=O)NC(CC(C)C)B2O[C@H]3C[C@@H]4C[C@@H](C4(C)C)[C@@]3(C)O2)c(OC)c1OC. The fraction of sp³-hybridized carbons (Fsp3) is 0.524. The molecule has 7 rings (SSSR count). The van der Waals surface area contributed by atoms with Gasteiger partial charge in [0.15, 0.2) is 11.5 Å². The van der Waals surface area contributed by atoms with Gasteiger partial charge in [-0.15, -0.1) is 0 Å². The summed E-state index contributed by atoms with van der Waals surface area (Å²) in [5.74, 6) is 1.75. The smallest absolute Gasteiger partial charge is 0.481 e. The van der Waals surface area contributed by atoms with Crippen LogP contribution in [0.3, 0.4) is 0 Å². The van der Waals surface area contributed by atoms with E-state index in [0.29, 0.717) is 35.5 Å². The first-order valence-electron chi connectivity index (χ1n) is 18.9. The minimum atomic E-state index is -0.838. The summed E-state index contributed by atoms with van der Waals surface area (Å²) >= 11 is 0. The van der Waals surface area contributed by atoms with Crippen molar-refractivity contribution in [2.45, 2.75) is 97.0 Å². The first-order valence-corrected chi connectivity index (χ1v) is 18.9. The number of hydrogen-bond donors (Lipinski definition) is 3. The lowest BCUT2D eigenvalue weighted by Gasteiger charge is -2.64. The highest BCUT2D eigenvalue weighted by Crippen LogP contribution is 2.65. The third-order valence-electron chi connectivity index (χ3n) is 11.9. The Labute approximate surface area is 315 Å². The van der Waals surface area contributed by atoms with Gasteiger partial charge < -0.3 is 39.5 Å². The summed E-state index contributed by atoms with van der Waals surface area (Å²) in [6.07, 6.45) is 3.05. The van der Waals surface area contributed by atoms with Crippen molar-refractivity contribution < 1.29 is 33.1 Å². The third kappa shape index (κ3) is 7.74. The zero-order valence-corrected chi connectivity index (χ0v) is 32.7. The summed E-state index contributed by atoms with van der Waals surface area (Å²) in [5, 5.41) is 9.65. The Morgan fingerprint density at radius 2 is 1.57 bits per heavy atom. The van der Waals surface area contributed by atoms with Crippen LogP contribution >= 0.6 is 0 Å². The van der Waals surface area contributed by atoms with E-state index in [1.807, 2.05) is 60.7 Å². The Balaban J connectivity index is 1.20. The molecule has 1 saturated heterocycles. The van der Waals surface area contributed by atoms with Gasteiger partial charge >= 0.3 is 7.12 Å². The quantitative estimate of drug-likeness (QED) is 0.148. The highest BCUT2D eigenvalue weighted by Gasteiger charge is 2.68. The van der Waals surface area contributed by atoms with Gasteiger partial charge in [0.2, 0.25) is 17.6 Å². The highest BCUT2D eigenvalue weighted by molar-refractivity contribution is 6.48. The van der Waals surface area contributed by atoms with Gasteiger partial charge in [0.25, 0.3) is 0 Å². The molecule has 2 unspecified atom stereocenters. The number of ether oxygens (including phenoxy) is 3. The maximum atomic E-state index is 14.2. The summed E-state index contributed by atoms with van der Waals surface area (Å²) in [5.41, 5.74) is 3.39. The molecule has 0 radical (unpaired) electrons. The van der Waals surface area contributed by atoms with Crippen LogP contribution in [0, 0.1) is 23.2 Å². The molecule has 284 valence electrons. The number of hydrogen-bond acceptors (Lipinski definition) is 8. The second kappa shape index (κ2) is 15.6. The molecule has 2 amide bonds. The van der Waals surface area contributed by atoms with Gasteiger partial charge in [0.05, 0.1) is 39.0 Å². The Kier molecular flexibility index (Phi) is 11.4. The first kappa shape index (κ1) is 38.5. The Morgan fingerprint density at radius 3 is 2.23 bits per heavy atom. The number of carbonyl (C=O) groups is 2. The van der Waals surface area contributed by atoms with Crippen LogP contribution in [0.4, 0.5) is 5.69 Å². The molecular formula is C42H56BN3O7. The zero-order chi connectivity index (χ0) is 38.1. The molecule has 3 saturated carbocycles. The van der Waals surface area contributed by atoms with E-state index in [-0.39, 0.29) is 47.2 Å². The number of carbonyl (C=O) groups excluding carboxylic acids is 2. The van der Waals surface area contributed by atoms with E-state index in [1.165, 1.54) is 0 Å². The highest BCUT2D eigenvalue weighted by atomic mass is 16.7. The van der Waals surface area contributed by atoms with E-state index in [4.69, 9.17) is 23.5 Å². The minimum absolute atomic E-state index is 0.00811. The van der Waals surface area contributed by atoms with Gasteiger partial charge in [0, 0.05) is 17.7 Å². The zero-order valence-electron chi connectivity index (χ0n) is 32.7. The average molecular weight is 726 g/mol. The van der Waals surface area contributed by atoms with E-state index in [9.17, 15) is 9.59 Å². The van der Waals surface area contributed by atoms with Gasteiger partial charge in [-0.05, 0) is 85.6 Å². The lowest BCUT2D eigenvalue weighted by molar-refractivity contribution is -0.199. The maximum Gasteiger partial charge on any atom is 0.481 e. The lowest BCUT2D eigenvalue weighted by atomic mass is 9.43. The number of amides is 2. The third-order valence-corrected chi connectivity index (χ3v) is 11.9. The predicted octanol–water partition coefficient (Wildman–Crippen LogP) is 6.71. The van der Waals surface area contributed by atoms with Crippen molar-refractivity contribution in [1.82, 2.24) is 10.6 Å². The summed E-state index contributed by atoms with van der Waals surface area (Å²) in [7, 11) is 4.11. The summed E-state index contributed by atoms with van der Waals surface area (Å²) < 4.78 is 30.3. The Hall–Kier alpha value is -4.22. The normalized spacial score (nSPS) is 24.3. The molecule has 3 N–H and O–H groups in total. The van der Waals surface area contributed by atoms with E-state index >= 15 is 0 Å². The standard InChI is InChI=1S/C42H56BN3O7/c1-25(2)20-36(43-52-35-24-30-23-34(41(30,4)5)42(35,6)53-43)46-39(47)26(3)44-40(48)32(22-29-18-19-33(49-7)38(51-9)37(29)50-8)45-31-17-13-16-28(21-31)27-14-11-10-12-15-27/h10-19,21,25-26,30,32,34-36,45H,20,22-24H2,1-9H3,(H,44,48)(H,46,47)/t26?,30-,32-,34-,35-,36?,42+/m0/s1. The molecule has 4 aliphatic rings. The van der Waals surface area contributed by atoms with Crippen molar-refractivity contribution in [3.63, 3.8) is 0 Å². The largest absolute Gasteiger partial charge is 0.493 e. The van der Waals surface area contributed by atoms with Crippen molar-refractivity contribution in [2.24, 2.45) is 23.2 Å². The fourth-order valence-corrected chi connectivity index (χ4v) is 8.88. The first-order chi connectivity index (χ1) is 25.3. The Morgan fingerprint density at radius 1 is 0.849 bits per heavy atom. The van der Waals surface area contributed by atoms with Gasteiger partial charge in [0.1, 0.15) is 12.1 Å². The molecule has 1 aliphatic heterocycles. The molecule has 3 aromatic rings. The van der Waals surface area contributed by atoms with Crippen LogP contribution in [0.5, 0.6) is 17.2 Å². The minimum Gasteiger partial charge on any atom is -0.493 e. The number of nitrogens with one attached hydrogen (secondary N) is 3. The average Bonchev–Trinajstić information content (AvgIpc) is 3.51. The molecule has 2 bridgehead atoms. The lowest BCUT2D eigenvalue weighted by Crippen LogP contribution is -2.65. The van der Waals surface area contributed by atoms with Crippen LogP contribution in [0.2, 0.25) is 0 Å². The molecule has 10 nitrogen and oxygen atoms in total. The van der Waals surface area contributed by atoms with Crippen molar-refractivity contribution in [3.8, 4) is 28.4 Å². The van der Waals surface area contributed by atoms with Gasteiger partial charge in [-0.25, -0.2) is 0 Å². The second-order valence-corrected chi connectivity index (χ2v) is 16.2. The molecular weight excluding hydrogens is 669 g/mol. The van der Waals surface area contributed by atoms with Crippen LogP contribution < -0.4 is 30.2 Å². The Bertz CT molecular complexity index is 1770. The van der Waals surface area contributed by atoms with Gasteiger partial charge in [-0.1, -0.05) is 76.2 Å². The molecule has 11 heteroatoms. The van der Waals surface area contributed by atoms with Crippen LogP contribution in [0.15, 0.2) is 66.7 Å². The topological polar surface area (TPSA) is 116 Å². The number of anilines is 1. The number of benzene rings is 3. The molecule has 0 aromatic heterocycles. The van der Waals surface area contributed by atoms with E-state index in [0.717, 1.165) is 35.2 Å². The molecule has 53 heavy (non-hydrogen) atoms. The molecule has 0 spiro atoms. The molecule has 4 fully saturated rings. The number of methoxy groups -OCH3 is 3. The molecule has 7 atom stereocenters. The molecule has 3 aromatic carbocycles. The van der Waals surface area contributed by atoms with Gasteiger partial charge in [-0.2, -0.15) is 0 Å². The summed E-state index contributed by atoms with van der Waals surface area (Å²) in [4.78, 5) is 28.1. The van der Waals surface area contributed by atoms with Gasteiger partial charge in [-0.3, -0.25) is 9.59 Å². The second-order valence-electron chi connectivity index (χ2n) is 16.2. The van der Waals surface area contributed by atoms with E-state index in [2.05, 4.69) is 50.6 Å². The van der Waals surface area contributed by atoms with Crippen molar-refractivity contribution in [2.75, 3.05) is 26.6 Å². The van der Waals surface area contributed by atoms with Crippen molar-refractivity contribution >= 4 is 24.6 Å². The van der Waals surface area contributed by atoms with Crippen molar-refractivity contribution in [1.29, 1.82) is 0 Å². The number of rotatable bonds is 15. The summed E-state index contributed by atoms with van der Waals surface area (Å²) in [6, 6.07) is 20.0. The summed E-state index contributed by atoms with van der Waals surface area (Å²) in [6.45, 7) is 12.8. The van der Waals surface area contributed by atoms with E-state index < -0.39 is 19.2 Å². The van der Waals surface area contributed by atoms with Crippen LogP contribution in [0.1, 0.15) is 66.4 Å². The maximum absolute atomic E-state index is 14.2. The molecule has 1 heterocycles. The van der Waals surface area contributed by atoms with E-state index in [1.54, 1.807) is 34.3 Å². The fourth-order valence-electron chi connectivity index (χ4n) is 8.88. The monoisotopic (exact) mass is 725 g/mol. The van der Waals surface area contributed by atoms with Crippen LogP contribution in [-0.4, -0.2) is 70.0 Å². The molecule has 3 aliphatic carbocycles. The van der Waals surface area contributed by atoms with Crippen LogP contribution in [-0.2, 0) is 25.3 Å².